The first-order valence-corrected chi connectivity index (χ1v) is 10.8. The molecule has 0 saturated carbocycles. The predicted octanol–water partition coefficient (Wildman–Crippen LogP) is 7.30. The van der Waals surface area contributed by atoms with Crippen molar-refractivity contribution in [1.29, 1.82) is 0 Å². The Bertz CT molecular complexity index is 933. The van der Waals surface area contributed by atoms with Gasteiger partial charge in [-0.2, -0.15) is 0 Å². The highest BCUT2D eigenvalue weighted by molar-refractivity contribution is 5.69. The maximum Gasteiger partial charge on any atom is 0.0713 e. The van der Waals surface area contributed by atoms with Gasteiger partial charge in [0.1, 0.15) is 0 Å². The van der Waals surface area contributed by atoms with E-state index in [1.54, 1.807) is 7.11 Å². The van der Waals surface area contributed by atoms with Crippen LogP contribution in [0.5, 0.6) is 0 Å². The third kappa shape index (κ3) is 7.17. The van der Waals surface area contributed by atoms with Crippen LogP contribution in [-0.4, -0.2) is 7.11 Å². The van der Waals surface area contributed by atoms with E-state index in [2.05, 4.69) is 91.5 Å². The molecule has 1 heteroatoms. The Morgan fingerprint density at radius 2 is 1.27 bits per heavy atom. The fourth-order valence-corrected chi connectivity index (χ4v) is 3.56. The lowest BCUT2D eigenvalue weighted by molar-refractivity contribution is 0.185. The minimum absolute atomic E-state index is 0.674. The van der Waals surface area contributed by atoms with Gasteiger partial charge in [-0.3, -0.25) is 0 Å². The van der Waals surface area contributed by atoms with E-state index in [0.717, 1.165) is 25.7 Å². The van der Waals surface area contributed by atoms with E-state index < -0.39 is 0 Å². The van der Waals surface area contributed by atoms with Crippen LogP contribution in [0, 0.1) is 0 Å². The molecule has 0 unspecified atom stereocenters. The summed E-state index contributed by atoms with van der Waals surface area (Å²) in [6.45, 7) is 4.46. The van der Waals surface area contributed by atoms with Crippen LogP contribution in [0.25, 0.3) is 12.2 Å². The number of hydrogen-bond donors (Lipinski definition) is 0. The fraction of sp³-hybridized carbons (Fsp3) is 0.241. The molecule has 1 nitrogen and oxygen atoms in total. The Kier molecular flexibility index (Phi) is 8.68. The Morgan fingerprint density at radius 3 is 1.87 bits per heavy atom. The van der Waals surface area contributed by atoms with Gasteiger partial charge in [0.25, 0.3) is 0 Å². The van der Waals surface area contributed by atoms with Crippen LogP contribution in [0.1, 0.15) is 46.2 Å². The van der Waals surface area contributed by atoms with Gasteiger partial charge in [0, 0.05) is 7.11 Å². The normalized spacial score (nSPS) is 11.1. The monoisotopic (exact) mass is 396 g/mol. The van der Waals surface area contributed by atoms with Gasteiger partial charge >= 0.3 is 0 Å². The van der Waals surface area contributed by atoms with Crippen LogP contribution in [0.15, 0.2) is 85.5 Å². The summed E-state index contributed by atoms with van der Waals surface area (Å²) in [7, 11) is 1.74. The molecule has 3 rings (SSSR count). The van der Waals surface area contributed by atoms with Gasteiger partial charge in [-0.15, -0.1) is 6.58 Å². The van der Waals surface area contributed by atoms with Crippen molar-refractivity contribution in [2.45, 2.75) is 38.7 Å². The molecule has 0 spiro atoms. The third-order valence-corrected chi connectivity index (χ3v) is 5.31. The van der Waals surface area contributed by atoms with Gasteiger partial charge in [-0.25, -0.2) is 0 Å². The van der Waals surface area contributed by atoms with E-state index in [1.165, 1.54) is 39.8 Å². The van der Waals surface area contributed by atoms with E-state index >= 15 is 0 Å². The van der Waals surface area contributed by atoms with Crippen molar-refractivity contribution in [3.8, 4) is 0 Å². The van der Waals surface area contributed by atoms with Crippen molar-refractivity contribution in [1.82, 2.24) is 0 Å². The van der Waals surface area contributed by atoms with Crippen molar-refractivity contribution >= 4 is 12.2 Å². The number of aryl methyl sites for hydroxylation is 3. The SMILES string of the molecule is C=CCCCc1ccc(C=Cc2ccc(CCc3cccc(COC)c3)cc2)cc1. The quantitative estimate of drug-likeness (QED) is 0.188. The van der Waals surface area contributed by atoms with Gasteiger partial charge in [0.05, 0.1) is 6.61 Å². The molecule has 30 heavy (non-hydrogen) atoms. The van der Waals surface area contributed by atoms with E-state index in [-0.39, 0.29) is 0 Å². The summed E-state index contributed by atoms with van der Waals surface area (Å²) >= 11 is 0. The Morgan fingerprint density at radius 1 is 0.700 bits per heavy atom. The van der Waals surface area contributed by atoms with E-state index in [1.807, 2.05) is 6.08 Å². The zero-order chi connectivity index (χ0) is 21.0. The average molecular weight is 397 g/mol. The van der Waals surface area contributed by atoms with Crippen LogP contribution >= 0.6 is 0 Å². The van der Waals surface area contributed by atoms with Gasteiger partial charge in [0.2, 0.25) is 0 Å². The van der Waals surface area contributed by atoms with E-state index in [9.17, 15) is 0 Å². The molecule has 0 fully saturated rings. The van der Waals surface area contributed by atoms with E-state index in [0.29, 0.717) is 6.61 Å². The molecule has 0 N–H and O–H groups in total. The topological polar surface area (TPSA) is 9.23 Å². The smallest absolute Gasteiger partial charge is 0.0713 e. The van der Waals surface area contributed by atoms with Gasteiger partial charge in [-0.05, 0) is 65.5 Å². The van der Waals surface area contributed by atoms with Crippen molar-refractivity contribution in [3.63, 3.8) is 0 Å². The van der Waals surface area contributed by atoms with Crippen LogP contribution in [0.3, 0.4) is 0 Å². The molecule has 3 aromatic rings. The second kappa shape index (κ2) is 11.9. The molecule has 0 aliphatic heterocycles. The minimum atomic E-state index is 0.674. The predicted molar refractivity (Wildman–Crippen MR) is 130 cm³/mol. The highest BCUT2D eigenvalue weighted by Gasteiger charge is 1.99. The maximum absolute atomic E-state index is 5.23. The first-order valence-electron chi connectivity index (χ1n) is 10.8. The van der Waals surface area contributed by atoms with Crippen LogP contribution in [0.4, 0.5) is 0 Å². The number of rotatable bonds is 11. The Labute approximate surface area is 181 Å². The molecule has 3 aromatic carbocycles. The minimum Gasteiger partial charge on any atom is -0.380 e. The summed E-state index contributed by atoms with van der Waals surface area (Å²) in [4.78, 5) is 0. The zero-order valence-corrected chi connectivity index (χ0v) is 18.0. The standard InChI is InChI=1S/C29H32O/c1-3-4-5-7-24-10-12-25(13-11-24)14-15-26-16-18-27(19-17-26)20-21-28-8-6-9-29(22-28)23-30-2/h3,6,8-19,22H,1,4-5,7,20-21,23H2,2H3. The van der Waals surface area contributed by atoms with Crippen molar-refractivity contribution < 1.29 is 4.74 Å². The summed E-state index contributed by atoms with van der Waals surface area (Å²) in [6, 6.07) is 26.4. The molecule has 0 atom stereocenters. The van der Waals surface area contributed by atoms with Crippen LogP contribution in [0.2, 0.25) is 0 Å². The molecular weight excluding hydrogens is 364 g/mol. The third-order valence-electron chi connectivity index (χ3n) is 5.31. The van der Waals surface area contributed by atoms with Gasteiger partial charge in [-0.1, -0.05) is 91.0 Å². The highest BCUT2D eigenvalue weighted by Crippen LogP contribution is 2.14. The summed E-state index contributed by atoms with van der Waals surface area (Å²) in [5.41, 5.74) is 7.83. The first-order chi connectivity index (χ1) is 14.8. The molecule has 154 valence electrons. The molecule has 0 heterocycles. The molecule has 0 aliphatic carbocycles. The largest absolute Gasteiger partial charge is 0.380 e. The second-order valence-corrected chi connectivity index (χ2v) is 7.75. The van der Waals surface area contributed by atoms with Crippen molar-refractivity contribution in [2.75, 3.05) is 7.11 Å². The van der Waals surface area contributed by atoms with Gasteiger partial charge < -0.3 is 4.74 Å². The number of methoxy groups -OCH3 is 1. The number of allylic oxidation sites excluding steroid dienone is 1. The average Bonchev–Trinajstić information content (AvgIpc) is 2.79. The lowest BCUT2D eigenvalue weighted by Gasteiger charge is -2.06. The lowest BCUT2D eigenvalue weighted by atomic mass is 10.0. The summed E-state index contributed by atoms with van der Waals surface area (Å²) in [5.74, 6) is 0. The molecule has 0 amide bonds. The van der Waals surface area contributed by atoms with Gasteiger partial charge in [0.15, 0.2) is 0 Å². The van der Waals surface area contributed by atoms with E-state index in [4.69, 9.17) is 4.74 Å². The fourth-order valence-electron chi connectivity index (χ4n) is 3.56. The molecular formula is C29H32O. The summed E-state index contributed by atoms with van der Waals surface area (Å²) < 4.78 is 5.23. The van der Waals surface area contributed by atoms with Crippen molar-refractivity contribution in [3.05, 3.63) is 119 Å². The van der Waals surface area contributed by atoms with Crippen LogP contribution < -0.4 is 0 Å². The molecule has 0 saturated heterocycles. The Balaban J connectivity index is 1.51. The maximum atomic E-state index is 5.23. The Hall–Kier alpha value is -2.90. The van der Waals surface area contributed by atoms with Crippen LogP contribution in [-0.2, 0) is 30.6 Å². The highest BCUT2D eigenvalue weighted by atomic mass is 16.5. The molecule has 0 aliphatic rings. The first kappa shape index (κ1) is 21.8. The lowest BCUT2D eigenvalue weighted by Crippen LogP contribution is -1.94. The van der Waals surface area contributed by atoms with Crippen molar-refractivity contribution in [2.24, 2.45) is 0 Å². The zero-order valence-electron chi connectivity index (χ0n) is 18.0. The summed E-state index contributed by atoms with van der Waals surface area (Å²) in [5, 5.41) is 0. The molecule has 0 bridgehead atoms. The summed E-state index contributed by atoms with van der Waals surface area (Å²) in [6.07, 6.45) is 11.8. The molecule has 0 aromatic heterocycles. The number of unbranched alkanes of at least 4 members (excludes halogenated alkanes) is 1. The number of ether oxygens (including phenoxy) is 1. The number of benzene rings is 3. The molecule has 0 radical (unpaired) electrons. The number of hydrogen-bond acceptors (Lipinski definition) is 1. The second-order valence-electron chi connectivity index (χ2n) is 7.75.